The summed E-state index contributed by atoms with van der Waals surface area (Å²) >= 11 is 0. The molecule has 0 heterocycles. The Hall–Kier alpha value is 0.600. The molecule has 0 aliphatic rings. The molecule has 0 N–H and O–H groups in total. The molecule has 0 saturated heterocycles. The normalized spacial score (nSPS) is 14.8. The molecule has 0 aromatic carbocycles. The van der Waals surface area contributed by atoms with Crippen LogP contribution in [0.3, 0.4) is 0 Å². The lowest BCUT2D eigenvalue weighted by molar-refractivity contribution is 0.473. The summed E-state index contributed by atoms with van der Waals surface area (Å²) in [4.78, 5) is 0. The molecule has 0 spiro atoms. The first kappa shape index (κ1) is 39.6. The Morgan fingerprint density at radius 1 is 0.436 bits per heavy atom. The van der Waals surface area contributed by atoms with Crippen molar-refractivity contribution in [2.45, 2.75) is 45.8 Å². The maximum absolute atomic E-state index is 5.96. The highest BCUT2D eigenvalue weighted by atomic mass is 31.3. The highest BCUT2D eigenvalue weighted by Crippen LogP contribution is 2.78. The van der Waals surface area contributed by atoms with Crippen LogP contribution in [0.1, 0.15) is 34.6 Å². The van der Waals surface area contributed by atoms with Crippen LogP contribution in [0, 0.1) is 0 Å². The zero-order valence-corrected chi connectivity index (χ0v) is 32.8. The maximum Gasteiger partial charge on any atom is 0.305 e. The fourth-order valence-corrected chi connectivity index (χ4v) is 24.7. The highest BCUT2D eigenvalue weighted by Gasteiger charge is 2.42. The van der Waals surface area contributed by atoms with Gasteiger partial charge in [0.05, 0.1) is 5.54 Å². The molecule has 0 unspecified atom stereocenters. The molecule has 0 rings (SSSR count). The average molecular weight is 633 g/mol. The van der Waals surface area contributed by atoms with E-state index >= 15 is 0 Å². The van der Waals surface area contributed by atoms with Crippen molar-refractivity contribution in [2.75, 3.05) is 113 Å². The molecule has 0 bridgehead atoms. The van der Waals surface area contributed by atoms with Crippen molar-refractivity contribution >= 4 is 29.9 Å². The van der Waals surface area contributed by atoms with Crippen LogP contribution in [0.4, 0.5) is 0 Å². The van der Waals surface area contributed by atoms with Crippen LogP contribution in [0.2, 0.25) is 0 Å². The summed E-state index contributed by atoms with van der Waals surface area (Å²) in [6.07, 6.45) is 0. The van der Waals surface area contributed by atoms with Crippen molar-refractivity contribution in [3.63, 3.8) is 0 Å². The zero-order chi connectivity index (χ0) is 31.5. The van der Waals surface area contributed by atoms with Crippen LogP contribution < -0.4 is 0 Å². The van der Waals surface area contributed by atoms with Crippen LogP contribution in [0.5, 0.6) is 0 Å². The van der Waals surface area contributed by atoms with Gasteiger partial charge >= 0.3 is 7.51 Å². The Balaban J connectivity index is 9.45. The minimum absolute atomic E-state index is 0.249. The largest absolute Gasteiger partial charge is 0.305 e. The molecule has 0 aliphatic heterocycles. The SMILES string of the molecule is CC(C)P(=NP(=NC(C)(C)C)(N=P(N(C)C)(N(C)C)N(C)C)N=P(N(C)C)(N(C)C)N(C)C)(N(C)C)N(C)C. The Morgan fingerprint density at radius 2 is 0.692 bits per heavy atom. The van der Waals surface area contributed by atoms with Crippen molar-refractivity contribution in [1.29, 1.82) is 0 Å². The molecule has 0 fully saturated rings. The van der Waals surface area contributed by atoms with Crippen LogP contribution in [0.25, 0.3) is 0 Å². The molecule has 0 amide bonds. The fraction of sp³-hybridized carbons (Fsp3) is 1.00. The standard InChI is InChI=1S/C23H64N12P4/c1-22(2)36(28(6)7,29(8)9)25-37(24-23(3,4)5,26-38(30(10)11,31(12)13)32(14)15)27-39(33(16)17,34(18)19)35(20)21/h22H,1-21H3. The van der Waals surface area contributed by atoms with E-state index in [0.717, 1.165) is 0 Å². The minimum Gasteiger partial charge on any atom is -0.264 e. The molecule has 0 aliphatic carbocycles. The molecule has 0 aromatic rings. The Kier molecular flexibility index (Phi) is 14.6. The third-order valence-corrected chi connectivity index (χ3v) is 23.2. The van der Waals surface area contributed by atoms with Crippen molar-refractivity contribution in [3.8, 4) is 0 Å². The van der Waals surface area contributed by atoms with Crippen LogP contribution >= 0.6 is 29.9 Å². The van der Waals surface area contributed by atoms with Gasteiger partial charge in [0.15, 0.2) is 15.0 Å². The average Bonchev–Trinajstić information content (AvgIpc) is 2.70. The third kappa shape index (κ3) is 8.37. The predicted molar refractivity (Wildman–Crippen MR) is 182 cm³/mol. The van der Waals surface area contributed by atoms with Gasteiger partial charge in [-0.05, 0) is 134 Å². The highest BCUT2D eigenvalue weighted by molar-refractivity contribution is 7.81. The van der Waals surface area contributed by atoms with Gasteiger partial charge in [-0.2, -0.15) is 13.5 Å². The van der Waals surface area contributed by atoms with Crippen molar-refractivity contribution in [3.05, 3.63) is 0 Å². The van der Waals surface area contributed by atoms with Crippen molar-refractivity contribution in [2.24, 2.45) is 18.3 Å². The number of nitrogens with zero attached hydrogens (tertiary/aromatic N) is 12. The van der Waals surface area contributed by atoms with Gasteiger partial charge in [-0.1, -0.05) is 13.8 Å². The van der Waals surface area contributed by atoms with E-state index in [2.05, 4.69) is 185 Å². The van der Waals surface area contributed by atoms with Gasteiger partial charge in [-0.25, -0.2) is 4.74 Å². The van der Waals surface area contributed by atoms with Gasteiger partial charge < -0.3 is 0 Å². The van der Waals surface area contributed by atoms with Gasteiger partial charge in [0.1, 0.15) is 7.36 Å². The molecular formula is C23H64N12P4. The molecule has 236 valence electrons. The molecule has 12 nitrogen and oxygen atoms in total. The summed E-state index contributed by atoms with van der Waals surface area (Å²) in [5.41, 5.74) is -0.171. The van der Waals surface area contributed by atoms with E-state index in [0.29, 0.717) is 0 Å². The first-order valence-electron chi connectivity index (χ1n) is 13.3. The van der Waals surface area contributed by atoms with E-state index in [-0.39, 0.29) is 5.66 Å². The van der Waals surface area contributed by atoms with E-state index in [1.165, 1.54) is 0 Å². The molecule has 0 aromatic heterocycles. The molecule has 0 atom stereocenters. The topological polar surface area (TPSA) is 75.4 Å². The first-order valence-corrected chi connectivity index (χ1v) is 19.8. The molecule has 0 saturated carbocycles. The summed E-state index contributed by atoms with van der Waals surface area (Å²) < 4.78 is 41.5. The van der Waals surface area contributed by atoms with Gasteiger partial charge in [-0.15, -0.1) is 0 Å². The van der Waals surface area contributed by atoms with Gasteiger partial charge in [0.25, 0.3) is 0 Å². The van der Waals surface area contributed by atoms with Crippen LogP contribution in [-0.2, 0) is 0 Å². The summed E-state index contributed by atoms with van der Waals surface area (Å²) in [6, 6.07) is 0. The molecule has 0 radical (unpaired) electrons. The lowest BCUT2D eigenvalue weighted by Gasteiger charge is -2.46. The van der Waals surface area contributed by atoms with E-state index in [1.807, 2.05) is 0 Å². The quantitative estimate of drug-likeness (QED) is 0.224. The monoisotopic (exact) mass is 632 g/mol. The number of rotatable bonds is 12. The third-order valence-electron chi connectivity index (χ3n) is 6.26. The first-order chi connectivity index (χ1) is 17.3. The molecule has 39 heavy (non-hydrogen) atoms. The van der Waals surface area contributed by atoms with Gasteiger partial charge in [0.2, 0.25) is 0 Å². The smallest absolute Gasteiger partial charge is 0.264 e. The lowest BCUT2D eigenvalue weighted by atomic mass is 10.1. The van der Waals surface area contributed by atoms with E-state index in [4.69, 9.17) is 18.3 Å². The minimum atomic E-state index is -3.15. The predicted octanol–water partition coefficient (Wildman–Crippen LogP) is 6.56. The van der Waals surface area contributed by atoms with Gasteiger partial charge in [-0.3, -0.25) is 37.4 Å². The Labute approximate surface area is 243 Å². The Bertz CT molecular complexity index is 819. The second-order valence-electron chi connectivity index (χ2n) is 12.6. The van der Waals surface area contributed by atoms with Crippen LogP contribution in [-0.4, -0.2) is 161 Å². The summed E-state index contributed by atoms with van der Waals surface area (Å²) in [7, 11) is 23.6. The lowest BCUT2D eigenvalue weighted by Crippen LogP contribution is -2.31. The van der Waals surface area contributed by atoms with E-state index in [1.54, 1.807) is 0 Å². The molecule has 16 heteroatoms. The second-order valence-corrected chi connectivity index (χ2v) is 26.9. The summed E-state index contributed by atoms with van der Waals surface area (Å²) in [5, 5.41) is 0. The van der Waals surface area contributed by atoms with Gasteiger partial charge in [0, 0.05) is 5.66 Å². The Morgan fingerprint density at radius 3 is 0.846 bits per heavy atom. The summed E-state index contributed by atoms with van der Waals surface area (Å²) in [6.45, 7) is 11.0. The fourth-order valence-electron chi connectivity index (χ4n) is 5.19. The van der Waals surface area contributed by atoms with Crippen molar-refractivity contribution < 1.29 is 0 Å². The van der Waals surface area contributed by atoms with E-state index in [9.17, 15) is 0 Å². The zero-order valence-electron chi connectivity index (χ0n) is 29.2. The number of hydrogen-bond acceptors (Lipinski definition) is 1. The molecular weight excluding hydrogens is 568 g/mol. The maximum atomic E-state index is 5.96. The second kappa shape index (κ2) is 14.4. The number of hydrogen-bond donors (Lipinski definition) is 0. The van der Waals surface area contributed by atoms with Crippen LogP contribution in [0.15, 0.2) is 18.3 Å². The summed E-state index contributed by atoms with van der Waals surface area (Å²) in [5.74, 6) is 0. The van der Waals surface area contributed by atoms with E-state index < -0.39 is 35.4 Å². The van der Waals surface area contributed by atoms with Crippen molar-refractivity contribution in [1.82, 2.24) is 37.4 Å².